The number of aryl methyl sites for hydroxylation is 2. The lowest BCUT2D eigenvalue weighted by Gasteiger charge is -2.24. The van der Waals surface area contributed by atoms with Gasteiger partial charge in [-0.25, -0.2) is 8.42 Å². The number of aliphatic hydroxyl groups is 1. The van der Waals surface area contributed by atoms with E-state index >= 15 is 0 Å². The standard InChI is InChI=1S/C19H25NO3S/c1-13-11-14(2)16(4)19(15(13)3)24(22,23)20(5)12-18(21)17-9-7-6-8-10-17/h6-11,18,21H,12H2,1-5H3. The molecule has 5 heteroatoms. The van der Waals surface area contributed by atoms with E-state index in [1.165, 1.54) is 11.4 Å². The van der Waals surface area contributed by atoms with E-state index in [0.717, 1.165) is 22.3 Å². The van der Waals surface area contributed by atoms with Crippen LogP contribution < -0.4 is 0 Å². The lowest BCUT2D eigenvalue weighted by Crippen LogP contribution is -2.32. The Balaban J connectivity index is 2.37. The van der Waals surface area contributed by atoms with E-state index in [2.05, 4.69) is 0 Å². The summed E-state index contributed by atoms with van der Waals surface area (Å²) in [5.41, 5.74) is 4.13. The normalized spacial score (nSPS) is 13.3. The molecule has 0 saturated heterocycles. The average molecular weight is 347 g/mol. The fourth-order valence-corrected chi connectivity index (χ4v) is 4.59. The number of benzene rings is 2. The first kappa shape index (κ1) is 18.6. The van der Waals surface area contributed by atoms with E-state index in [0.29, 0.717) is 10.5 Å². The van der Waals surface area contributed by atoms with Crippen LogP contribution in [0.25, 0.3) is 0 Å². The highest BCUT2D eigenvalue weighted by Crippen LogP contribution is 2.29. The molecule has 1 atom stereocenters. The molecule has 0 bridgehead atoms. The van der Waals surface area contributed by atoms with Gasteiger partial charge in [-0.2, -0.15) is 4.31 Å². The Labute approximate surface area is 144 Å². The maximum absolute atomic E-state index is 13.1. The van der Waals surface area contributed by atoms with Gasteiger partial charge in [0.1, 0.15) is 0 Å². The van der Waals surface area contributed by atoms with Crippen molar-refractivity contribution < 1.29 is 13.5 Å². The summed E-state index contributed by atoms with van der Waals surface area (Å²) in [7, 11) is -2.16. The van der Waals surface area contributed by atoms with Gasteiger partial charge in [-0.1, -0.05) is 36.4 Å². The first-order valence-corrected chi connectivity index (χ1v) is 9.37. The molecule has 1 N–H and O–H groups in total. The van der Waals surface area contributed by atoms with Crippen LogP contribution >= 0.6 is 0 Å². The Bertz CT molecular complexity index is 803. The minimum atomic E-state index is -3.68. The van der Waals surface area contributed by atoms with Gasteiger partial charge in [-0.3, -0.25) is 0 Å². The Morgan fingerprint density at radius 1 is 1.00 bits per heavy atom. The summed E-state index contributed by atoms with van der Waals surface area (Å²) >= 11 is 0. The number of nitrogens with zero attached hydrogens (tertiary/aromatic N) is 1. The van der Waals surface area contributed by atoms with E-state index in [9.17, 15) is 13.5 Å². The highest BCUT2D eigenvalue weighted by atomic mass is 32.2. The molecule has 0 radical (unpaired) electrons. The van der Waals surface area contributed by atoms with Crippen molar-refractivity contribution in [2.45, 2.75) is 38.7 Å². The van der Waals surface area contributed by atoms with E-state index in [1.54, 1.807) is 12.1 Å². The molecule has 4 nitrogen and oxygen atoms in total. The predicted molar refractivity (Wildman–Crippen MR) is 96.6 cm³/mol. The molecule has 0 aliphatic rings. The van der Waals surface area contributed by atoms with Crippen molar-refractivity contribution in [3.63, 3.8) is 0 Å². The number of hydrogen-bond donors (Lipinski definition) is 1. The molecule has 0 fully saturated rings. The van der Waals surface area contributed by atoms with Crippen LogP contribution in [-0.4, -0.2) is 31.4 Å². The maximum Gasteiger partial charge on any atom is 0.243 e. The van der Waals surface area contributed by atoms with Crippen molar-refractivity contribution in [3.05, 3.63) is 64.2 Å². The van der Waals surface area contributed by atoms with Gasteiger partial charge in [0.2, 0.25) is 10.0 Å². The van der Waals surface area contributed by atoms with Crippen molar-refractivity contribution in [3.8, 4) is 0 Å². The van der Waals surface area contributed by atoms with Gasteiger partial charge in [0.15, 0.2) is 0 Å². The monoisotopic (exact) mass is 347 g/mol. The first-order valence-electron chi connectivity index (χ1n) is 7.93. The second-order valence-corrected chi connectivity index (χ2v) is 8.28. The zero-order valence-corrected chi connectivity index (χ0v) is 15.7. The van der Waals surface area contributed by atoms with Crippen LogP contribution in [0.3, 0.4) is 0 Å². The molecular formula is C19H25NO3S. The van der Waals surface area contributed by atoms with Crippen LogP contribution in [0, 0.1) is 27.7 Å². The van der Waals surface area contributed by atoms with Crippen LogP contribution in [0.4, 0.5) is 0 Å². The molecule has 0 aliphatic carbocycles. The fraction of sp³-hybridized carbons (Fsp3) is 0.368. The number of rotatable bonds is 5. The summed E-state index contributed by atoms with van der Waals surface area (Å²) in [4.78, 5) is 0.350. The van der Waals surface area contributed by atoms with Gasteiger partial charge in [-0.05, 0) is 55.5 Å². The fourth-order valence-electron chi connectivity index (χ4n) is 2.85. The predicted octanol–water partition coefficient (Wildman–Crippen LogP) is 3.27. The van der Waals surface area contributed by atoms with Gasteiger partial charge in [0, 0.05) is 13.6 Å². The Hall–Kier alpha value is -1.69. The molecule has 2 aromatic carbocycles. The summed E-state index contributed by atoms with van der Waals surface area (Å²) in [6, 6.07) is 11.1. The molecule has 24 heavy (non-hydrogen) atoms. The van der Waals surface area contributed by atoms with Gasteiger partial charge >= 0.3 is 0 Å². The van der Waals surface area contributed by atoms with Crippen molar-refractivity contribution in [2.24, 2.45) is 0 Å². The molecule has 2 aromatic rings. The topological polar surface area (TPSA) is 57.6 Å². The number of hydrogen-bond acceptors (Lipinski definition) is 3. The van der Waals surface area contributed by atoms with Gasteiger partial charge < -0.3 is 5.11 Å². The summed E-state index contributed by atoms with van der Waals surface area (Å²) < 4.78 is 27.4. The van der Waals surface area contributed by atoms with Gasteiger partial charge in [0.05, 0.1) is 11.0 Å². The molecule has 0 aliphatic heterocycles. The molecule has 1 unspecified atom stereocenters. The summed E-state index contributed by atoms with van der Waals surface area (Å²) in [5, 5.41) is 10.3. The average Bonchev–Trinajstić information content (AvgIpc) is 2.53. The number of sulfonamides is 1. The SMILES string of the molecule is Cc1cc(C)c(C)c(S(=O)(=O)N(C)CC(O)c2ccccc2)c1C. The van der Waals surface area contributed by atoms with Gasteiger partial charge in [-0.15, -0.1) is 0 Å². The van der Waals surface area contributed by atoms with E-state index in [-0.39, 0.29) is 6.54 Å². The minimum Gasteiger partial charge on any atom is -0.387 e. The van der Waals surface area contributed by atoms with Crippen molar-refractivity contribution in [2.75, 3.05) is 13.6 Å². The lowest BCUT2D eigenvalue weighted by atomic mass is 10.0. The molecule has 130 valence electrons. The Morgan fingerprint density at radius 2 is 1.50 bits per heavy atom. The zero-order chi connectivity index (χ0) is 18.1. The van der Waals surface area contributed by atoms with Crippen molar-refractivity contribution >= 4 is 10.0 Å². The highest BCUT2D eigenvalue weighted by molar-refractivity contribution is 7.89. The summed E-state index contributed by atoms with van der Waals surface area (Å²) in [6.45, 7) is 7.50. The first-order chi connectivity index (χ1) is 11.2. The number of likely N-dealkylation sites (N-methyl/N-ethyl adjacent to an activating group) is 1. The van der Waals surface area contributed by atoms with E-state index < -0.39 is 16.1 Å². The smallest absolute Gasteiger partial charge is 0.243 e. The van der Waals surface area contributed by atoms with Crippen molar-refractivity contribution in [1.29, 1.82) is 0 Å². The van der Waals surface area contributed by atoms with Gasteiger partial charge in [0.25, 0.3) is 0 Å². The largest absolute Gasteiger partial charge is 0.387 e. The lowest BCUT2D eigenvalue weighted by molar-refractivity contribution is 0.155. The summed E-state index contributed by atoms with van der Waals surface area (Å²) in [5.74, 6) is 0. The molecule has 0 heterocycles. The van der Waals surface area contributed by atoms with E-state index in [4.69, 9.17) is 0 Å². The highest BCUT2D eigenvalue weighted by Gasteiger charge is 2.28. The Kier molecular flexibility index (Phi) is 5.48. The maximum atomic E-state index is 13.1. The second kappa shape index (κ2) is 7.05. The van der Waals surface area contributed by atoms with Crippen LogP contribution in [0.15, 0.2) is 41.3 Å². The van der Waals surface area contributed by atoms with E-state index in [1.807, 2.05) is 52.0 Å². The summed E-state index contributed by atoms with van der Waals surface area (Å²) in [6.07, 6.45) is -0.863. The molecule has 0 amide bonds. The second-order valence-electron chi connectivity index (χ2n) is 6.30. The van der Waals surface area contributed by atoms with Crippen LogP contribution in [0.1, 0.15) is 33.9 Å². The van der Waals surface area contributed by atoms with Crippen LogP contribution in [-0.2, 0) is 10.0 Å². The third kappa shape index (κ3) is 3.53. The molecule has 0 aromatic heterocycles. The number of aliphatic hydroxyl groups excluding tert-OH is 1. The van der Waals surface area contributed by atoms with Crippen LogP contribution in [0.5, 0.6) is 0 Å². The zero-order valence-electron chi connectivity index (χ0n) is 14.9. The molecular weight excluding hydrogens is 322 g/mol. The van der Waals surface area contributed by atoms with Crippen molar-refractivity contribution in [1.82, 2.24) is 4.31 Å². The molecule has 2 rings (SSSR count). The molecule has 0 spiro atoms. The quantitative estimate of drug-likeness (QED) is 0.903. The van der Waals surface area contributed by atoms with Crippen LogP contribution in [0.2, 0.25) is 0 Å². The third-order valence-corrected chi connectivity index (χ3v) is 6.68. The molecule has 0 saturated carbocycles. The third-order valence-electron chi connectivity index (χ3n) is 4.58. The Morgan fingerprint density at radius 3 is 2.00 bits per heavy atom. The minimum absolute atomic E-state index is 0.0121.